The molecule has 1 aliphatic heterocycles. The lowest BCUT2D eigenvalue weighted by atomic mass is 10.0. The van der Waals surface area contributed by atoms with E-state index < -0.39 is 0 Å². The Labute approximate surface area is 97.0 Å². The highest BCUT2D eigenvalue weighted by molar-refractivity contribution is 6.17. The lowest BCUT2D eigenvalue weighted by molar-refractivity contribution is -0.00107. The predicted octanol–water partition coefficient (Wildman–Crippen LogP) is 1.87. The number of rotatable bonds is 5. The predicted molar refractivity (Wildman–Crippen MR) is 60.9 cm³/mol. The van der Waals surface area contributed by atoms with E-state index in [-0.39, 0.29) is 6.10 Å². The summed E-state index contributed by atoms with van der Waals surface area (Å²) in [5, 5.41) is 8.75. The van der Waals surface area contributed by atoms with Gasteiger partial charge in [0.2, 0.25) is 0 Å². The fourth-order valence-corrected chi connectivity index (χ4v) is 2.09. The van der Waals surface area contributed by atoms with Crippen LogP contribution in [0.4, 0.5) is 0 Å². The summed E-state index contributed by atoms with van der Waals surface area (Å²) in [6, 6.07) is 2.16. The highest BCUT2D eigenvalue weighted by Crippen LogP contribution is 2.11. The molecule has 4 heteroatoms. The number of hydrogen-bond donors (Lipinski definition) is 0. The molecule has 1 saturated heterocycles. The van der Waals surface area contributed by atoms with Gasteiger partial charge in [0, 0.05) is 19.0 Å². The molecule has 0 amide bonds. The quantitative estimate of drug-likeness (QED) is 0.677. The summed E-state index contributed by atoms with van der Waals surface area (Å²) in [7, 11) is 0. The summed E-state index contributed by atoms with van der Waals surface area (Å²) in [5.74, 6) is 1.41. The SMILES string of the molecule is CC(CCCl)CCN1CCOC(C#N)C1. The van der Waals surface area contributed by atoms with Crippen molar-refractivity contribution >= 4 is 11.6 Å². The zero-order chi connectivity index (χ0) is 11.1. The molecule has 15 heavy (non-hydrogen) atoms. The molecule has 0 saturated carbocycles. The third-order valence-electron chi connectivity index (χ3n) is 2.83. The first-order chi connectivity index (χ1) is 7.26. The largest absolute Gasteiger partial charge is 0.361 e. The Morgan fingerprint density at radius 2 is 2.40 bits per heavy atom. The van der Waals surface area contributed by atoms with Crippen molar-refractivity contribution < 1.29 is 4.74 Å². The van der Waals surface area contributed by atoms with Crippen molar-refractivity contribution in [3.63, 3.8) is 0 Å². The number of nitriles is 1. The van der Waals surface area contributed by atoms with Gasteiger partial charge in [-0.1, -0.05) is 6.92 Å². The molecule has 86 valence electrons. The number of hydrogen-bond acceptors (Lipinski definition) is 3. The maximum atomic E-state index is 8.75. The van der Waals surface area contributed by atoms with E-state index in [2.05, 4.69) is 17.9 Å². The molecular weight excluding hydrogens is 212 g/mol. The molecule has 1 rings (SSSR count). The van der Waals surface area contributed by atoms with Crippen molar-refractivity contribution in [3.8, 4) is 6.07 Å². The standard InChI is InChI=1S/C11H19ClN2O/c1-10(2-4-12)3-5-14-6-7-15-11(8-13)9-14/h10-11H,2-7,9H2,1H3. The van der Waals surface area contributed by atoms with Gasteiger partial charge < -0.3 is 4.74 Å². The topological polar surface area (TPSA) is 36.3 Å². The molecule has 1 aliphatic rings. The van der Waals surface area contributed by atoms with Gasteiger partial charge in [-0.05, 0) is 25.3 Å². The molecule has 0 bridgehead atoms. The van der Waals surface area contributed by atoms with Crippen LogP contribution in [-0.4, -0.2) is 43.1 Å². The zero-order valence-corrected chi connectivity index (χ0v) is 10.0. The first kappa shape index (κ1) is 12.8. The van der Waals surface area contributed by atoms with Gasteiger partial charge in [0.15, 0.2) is 6.10 Å². The number of ether oxygens (including phenoxy) is 1. The second-order valence-corrected chi connectivity index (χ2v) is 4.54. The van der Waals surface area contributed by atoms with E-state index in [0.717, 1.165) is 38.4 Å². The average Bonchev–Trinajstić information content (AvgIpc) is 2.27. The van der Waals surface area contributed by atoms with Crippen LogP contribution in [0.3, 0.4) is 0 Å². The van der Waals surface area contributed by atoms with Crippen molar-refractivity contribution in [2.75, 3.05) is 32.1 Å². The monoisotopic (exact) mass is 230 g/mol. The van der Waals surface area contributed by atoms with Gasteiger partial charge in [-0.3, -0.25) is 4.90 Å². The normalized spacial score (nSPS) is 24.7. The lowest BCUT2D eigenvalue weighted by Crippen LogP contribution is -2.42. The summed E-state index contributed by atoms with van der Waals surface area (Å²) in [4.78, 5) is 2.31. The van der Waals surface area contributed by atoms with Crippen LogP contribution in [0.1, 0.15) is 19.8 Å². The van der Waals surface area contributed by atoms with Crippen molar-refractivity contribution in [1.82, 2.24) is 4.90 Å². The van der Waals surface area contributed by atoms with Gasteiger partial charge in [0.25, 0.3) is 0 Å². The van der Waals surface area contributed by atoms with Gasteiger partial charge in [0.05, 0.1) is 12.7 Å². The van der Waals surface area contributed by atoms with Gasteiger partial charge in [-0.2, -0.15) is 5.26 Å². The Bertz CT molecular complexity index is 217. The highest BCUT2D eigenvalue weighted by Gasteiger charge is 2.19. The molecule has 2 atom stereocenters. The first-order valence-electron chi connectivity index (χ1n) is 5.55. The molecule has 0 aromatic rings. The summed E-state index contributed by atoms with van der Waals surface area (Å²) in [6.45, 7) is 5.67. The number of morpholine rings is 1. The Morgan fingerprint density at radius 3 is 3.07 bits per heavy atom. The summed E-state index contributed by atoms with van der Waals surface area (Å²) in [5.41, 5.74) is 0. The third-order valence-corrected chi connectivity index (χ3v) is 3.05. The Morgan fingerprint density at radius 1 is 1.60 bits per heavy atom. The third kappa shape index (κ3) is 4.83. The molecule has 1 heterocycles. The van der Waals surface area contributed by atoms with E-state index in [1.54, 1.807) is 0 Å². The summed E-state index contributed by atoms with van der Waals surface area (Å²) in [6.07, 6.45) is 2.00. The first-order valence-corrected chi connectivity index (χ1v) is 6.09. The van der Waals surface area contributed by atoms with Crippen LogP contribution in [0.25, 0.3) is 0 Å². The van der Waals surface area contributed by atoms with E-state index in [9.17, 15) is 0 Å². The van der Waals surface area contributed by atoms with Crippen molar-refractivity contribution in [2.45, 2.75) is 25.9 Å². The molecule has 1 fully saturated rings. The highest BCUT2D eigenvalue weighted by atomic mass is 35.5. The summed E-state index contributed by atoms with van der Waals surface area (Å²) < 4.78 is 5.29. The van der Waals surface area contributed by atoms with Crippen LogP contribution in [0.2, 0.25) is 0 Å². The van der Waals surface area contributed by atoms with Crippen LogP contribution < -0.4 is 0 Å². The number of alkyl halides is 1. The second kappa shape index (κ2) is 7.05. The number of halogens is 1. The van der Waals surface area contributed by atoms with Crippen LogP contribution >= 0.6 is 11.6 Å². The van der Waals surface area contributed by atoms with Gasteiger partial charge in [-0.15, -0.1) is 11.6 Å². The molecule has 0 spiro atoms. The van der Waals surface area contributed by atoms with Crippen LogP contribution in [-0.2, 0) is 4.74 Å². The van der Waals surface area contributed by atoms with E-state index in [4.69, 9.17) is 21.6 Å². The maximum absolute atomic E-state index is 8.75. The minimum Gasteiger partial charge on any atom is -0.361 e. The van der Waals surface area contributed by atoms with Crippen molar-refractivity contribution in [2.24, 2.45) is 5.92 Å². The second-order valence-electron chi connectivity index (χ2n) is 4.16. The minimum absolute atomic E-state index is 0.234. The molecule has 0 radical (unpaired) electrons. The van der Waals surface area contributed by atoms with E-state index in [0.29, 0.717) is 12.5 Å². The van der Waals surface area contributed by atoms with Crippen LogP contribution in [0.15, 0.2) is 0 Å². The van der Waals surface area contributed by atoms with E-state index in [1.165, 1.54) is 0 Å². The molecule has 0 aliphatic carbocycles. The van der Waals surface area contributed by atoms with Gasteiger partial charge in [-0.25, -0.2) is 0 Å². The van der Waals surface area contributed by atoms with Crippen LogP contribution in [0, 0.1) is 17.2 Å². The zero-order valence-electron chi connectivity index (χ0n) is 9.29. The fourth-order valence-electron chi connectivity index (χ4n) is 1.72. The molecule has 3 nitrogen and oxygen atoms in total. The molecule has 0 aromatic carbocycles. The smallest absolute Gasteiger partial charge is 0.156 e. The molecule has 2 unspecified atom stereocenters. The maximum Gasteiger partial charge on any atom is 0.156 e. The van der Waals surface area contributed by atoms with Crippen LogP contribution in [0.5, 0.6) is 0 Å². The van der Waals surface area contributed by atoms with Gasteiger partial charge >= 0.3 is 0 Å². The van der Waals surface area contributed by atoms with Gasteiger partial charge in [0.1, 0.15) is 0 Å². The fraction of sp³-hybridized carbons (Fsp3) is 0.909. The average molecular weight is 231 g/mol. The Balaban J connectivity index is 2.18. The Kier molecular flexibility index (Phi) is 6.00. The molecule has 0 aromatic heterocycles. The lowest BCUT2D eigenvalue weighted by Gasteiger charge is -2.30. The number of nitrogens with zero attached hydrogens (tertiary/aromatic N) is 2. The van der Waals surface area contributed by atoms with E-state index in [1.807, 2.05) is 0 Å². The van der Waals surface area contributed by atoms with E-state index >= 15 is 0 Å². The minimum atomic E-state index is -0.234. The van der Waals surface area contributed by atoms with Crippen molar-refractivity contribution in [1.29, 1.82) is 5.26 Å². The summed E-state index contributed by atoms with van der Waals surface area (Å²) >= 11 is 5.69. The molecular formula is C11H19ClN2O. The Hall–Kier alpha value is -0.300. The van der Waals surface area contributed by atoms with Crippen molar-refractivity contribution in [3.05, 3.63) is 0 Å². The molecule has 0 N–H and O–H groups in total.